The summed E-state index contributed by atoms with van der Waals surface area (Å²) in [6, 6.07) is 21.1. The van der Waals surface area contributed by atoms with Crippen LogP contribution in [0.1, 0.15) is 0 Å². The molecule has 0 unspecified atom stereocenters. The van der Waals surface area contributed by atoms with Gasteiger partial charge in [0.1, 0.15) is 0 Å². The van der Waals surface area contributed by atoms with Gasteiger partial charge in [-0.1, -0.05) is 36.4 Å². The van der Waals surface area contributed by atoms with Crippen LogP contribution in [0, 0.1) is 0 Å². The van der Waals surface area contributed by atoms with Gasteiger partial charge in [-0.05, 0) is 35.0 Å². The van der Waals surface area contributed by atoms with Crippen molar-refractivity contribution in [3.05, 3.63) is 73.1 Å². The zero-order chi connectivity index (χ0) is 18.2. The maximum absolute atomic E-state index is 4.75. The number of nitrogens with zero attached hydrogens (tertiary/aromatic N) is 2. The zero-order valence-corrected chi connectivity index (χ0v) is 14.8. The van der Waals surface area contributed by atoms with Gasteiger partial charge >= 0.3 is 0 Å². The second kappa shape index (κ2) is 4.87. The molecule has 0 atom stereocenters. The second-order valence-corrected chi connectivity index (χ2v) is 7.26. The SMILES string of the molecule is c1ccc2c(c1)[nH]c1c3[nH]c4ccccc4c4ccnc(c5nccc2c51)c43. The molecule has 0 saturated heterocycles. The minimum absolute atomic E-state index is 0.941. The topological polar surface area (TPSA) is 57.4 Å². The zero-order valence-electron chi connectivity index (χ0n) is 14.8. The lowest BCUT2D eigenvalue weighted by Crippen LogP contribution is -1.96. The number of aromatic nitrogens is 4. The molecule has 0 aliphatic carbocycles. The highest BCUT2D eigenvalue weighted by molar-refractivity contribution is 6.34. The van der Waals surface area contributed by atoms with Crippen molar-refractivity contribution < 1.29 is 0 Å². The molecule has 4 heterocycles. The Bertz CT molecular complexity index is 1590. The maximum Gasteiger partial charge on any atom is 0.0993 e. The lowest BCUT2D eigenvalue weighted by Gasteiger charge is -2.16. The Morgan fingerprint density at radius 3 is 1.46 bits per heavy atom. The molecule has 7 rings (SSSR count). The van der Waals surface area contributed by atoms with Gasteiger partial charge in [0.05, 0.1) is 22.1 Å². The van der Waals surface area contributed by atoms with Crippen molar-refractivity contribution in [1.29, 1.82) is 0 Å². The van der Waals surface area contributed by atoms with Crippen LogP contribution in [0.2, 0.25) is 0 Å². The Balaban J connectivity index is 1.93. The van der Waals surface area contributed by atoms with E-state index in [4.69, 9.17) is 9.97 Å². The molecule has 4 aromatic heterocycles. The third-order valence-electron chi connectivity index (χ3n) is 5.83. The number of benzene rings is 3. The molecule has 130 valence electrons. The molecule has 4 heteroatoms. The summed E-state index contributed by atoms with van der Waals surface area (Å²) in [4.78, 5) is 16.9. The van der Waals surface area contributed by atoms with Gasteiger partial charge in [-0.3, -0.25) is 9.97 Å². The van der Waals surface area contributed by atoms with E-state index in [-0.39, 0.29) is 0 Å². The first-order valence-electron chi connectivity index (χ1n) is 9.36. The largest absolute Gasteiger partial charge is 0.353 e. The van der Waals surface area contributed by atoms with E-state index >= 15 is 0 Å². The standard InChI is InChI=1S/C24H14N4/c1-3-7-17-13(5-1)15-9-11-25-21-19(15)23(27-17)24-20-16(10-12-26-22(20)21)14-6-2-4-8-18(14)28-24/h1-12,27-28H. The van der Waals surface area contributed by atoms with E-state index in [1.54, 1.807) is 0 Å². The molecule has 7 aromatic rings. The van der Waals surface area contributed by atoms with Crippen molar-refractivity contribution in [3.63, 3.8) is 0 Å². The van der Waals surface area contributed by atoms with E-state index in [1.165, 1.54) is 21.5 Å². The normalized spacial score (nSPS) is 12.3. The van der Waals surface area contributed by atoms with E-state index in [2.05, 4.69) is 70.6 Å². The van der Waals surface area contributed by atoms with Gasteiger partial charge in [0.15, 0.2) is 0 Å². The third-order valence-corrected chi connectivity index (χ3v) is 5.83. The van der Waals surface area contributed by atoms with Gasteiger partial charge in [0.2, 0.25) is 0 Å². The van der Waals surface area contributed by atoms with E-state index in [0.29, 0.717) is 0 Å². The van der Waals surface area contributed by atoms with Crippen LogP contribution >= 0.6 is 0 Å². The molecule has 0 bridgehead atoms. The lowest BCUT2D eigenvalue weighted by molar-refractivity contribution is 1.38. The molecule has 0 aliphatic heterocycles. The predicted octanol–water partition coefficient (Wildman–Crippen LogP) is 6.05. The van der Waals surface area contributed by atoms with E-state index < -0.39 is 0 Å². The van der Waals surface area contributed by atoms with Gasteiger partial charge in [0, 0.05) is 45.0 Å². The first-order valence-corrected chi connectivity index (χ1v) is 9.36. The van der Waals surface area contributed by atoms with Crippen molar-refractivity contribution in [2.75, 3.05) is 0 Å². The highest BCUT2D eigenvalue weighted by Crippen LogP contribution is 2.40. The van der Waals surface area contributed by atoms with Gasteiger partial charge in [-0.25, -0.2) is 0 Å². The molecule has 4 nitrogen and oxygen atoms in total. The number of fused-ring (bicyclic) bond motifs is 6. The molecule has 0 aliphatic rings. The summed E-state index contributed by atoms with van der Waals surface area (Å²) in [7, 11) is 0. The third kappa shape index (κ3) is 1.61. The summed E-state index contributed by atoms with van der Waals surface area (Å²) in [5.41, 5.74) is 6.27. The number of nitrogens with one attached hydrogen (secondary N) is 2. The van der Waals surface area contributed by atoms with Crippen molar-refractivity contribution in [2.24, 2.45) is 0 Å². The Morgan fingerprint density at radius 2 is 0.964 bits per heavy atom. The fraction of sp³-hybridized carbons (Fsp3) is 0. The van der Waals surface area contributed by atoms with Gasteiger partial charge in [-0.15, -0.1) is 0 Å². The molecule has 0 saturated carbocycles. The minimum Gasteiger partial charge on any atom is -0.353 e. The van der Waals surface area contributed by atoms with E-state index in [0.717, 1.165) is 43.9 Å². The Hall–Kier alpha value is -3.92. The maximum atomic E-state index is 4.75. The van der Waals surface area contributed by atoms with Crippen LogP contribution in [0.15, 0.2) is 73.1 Å². The van der Waals surface area contributed by atoms with Crippen molar-refractivity contribution >= 4 is 65.4 Å². The van der Waals surface area contributed by atoms with Crippen LogP contribution < -0.4 is 0 Å². The Kier molecular flexibility index (Phi) is 2.46. The average Bonchev–Trinajstić information content (AvgIpc) is 2.77. The molecular weight excluding hydrogens is 344 g/mol. The Morgan fingerprint density at radius 1 is 0.500 bits per heavy atom. The van der Waals surface area contributed by atoms with Crippen LogP contribution in [-0.4, -0.2) is 19.9 Å². The van der Waals surface area contributed by atoms with E-state index in [9.17, 15) is 0 Å². The van der Waals surface area contributed by atoms with Crippen LogP contribution in [0.4, 0.5) is 0 Å². The summed E-state index contributed by atoms with van der Waals surface area (Å²) >= 11 is 0. The molecule has 0 fully saturated rings. The molecule has 0 radical (unpaired) electrons. The summed E-state index contributed by atoms with van der Waals surface area (Å²) in [5.74, 6) is 0. The van der Waals surface area contributed by atoms with Gasteiger partial charge in [-0.2, -0.15) is 0 Å². The number of aromatic amines is 2. The first kappa shape index (κ1) is 14.2. The van der Waals surface area contributed by atoms with Crippen molar-refractivity contribution in [1.82, 2.24) is 19.9 Å². The summed E-state index contributed by atoms with van der Waals surface area (Å²) in [6.07, 6.45) is 3.79. The van der Waals surface area contributed by atoms with Crippen molar-refractivity contribution in [2.45, 2.75) is 0 Å². The monoisotopic (exact) mass is 358 g/mol. The van der Waals surface area contributed by atoms with Gasteiger partial charge in [0.25, 0.3) is 0 Å². The first-order chi connectivity index (χ1) is 13.9. The van der Waals surface area contributed by atoms with Crippen LogP contribution in [0.25, 0.3) is 65.4 Å². The quantitative estimate of drug-likeness (QED) is 0.256. The van der Waals surface area contributed by atoms with Crippen LogP contribution in [-0.2, 0) is 0 Å². The number of para-hydroxylation sites is 2. The van der Waals surface area contributed by atoms with Crippen LogP contribution in [0.5, 0.6) is 0 Å². The van der Waals surface area contributed by atoms with Crippen molar-refractivity contribution in [3.8, 4) is 0 Å². The average molecular weight is 358 g/mol. The van der Waals surface area contributed by atoms with Crippen LogP contribution in [0.3, 0.4) is 0 Å². The molecular formula is C24H14N4. The number of H-pyrrole nitrogens is 2. The second-order valence-electron chi connectivity index (χ2n) is 7.26. The minimum atomic E-state index is 0.941. The smallest absolute Gasteiger partial charge is 0.0993 e. The number of hydrogen-bond acceptors (Lipinski definition) is 2. The predicted molar refractivity (Wildman–Crippen MR) is 116 cm³/mol. The fourth-order valence-corrected chi connectivity index (χ4v) is 4.66. The lowest BCUT2D eigenvalue weighted by atomic mass is 9.97. The van der Waals surface area contributed by atoms with E-state index in [1.807, 2.05) is 12.4 Å². The summed E-state index contributed by atoms with van der Waals surface area (Å²) in [5, 5.41) is 7.03. The molecule has 28 heavy (non-hydrogen) atoms. The fourth-order valence-electron chi connectivity index (χ4n) is 4.66. The summed E-state index contributed by atoms with van der Waals surface area (Å²) in [6.45, 7) is 0. The number of hydrogen-bond donors (Lipinski definition) is 2. The van der Waals surface area contributed by atoms with Gasteiger partial charge < -0.3 is 9.97 Å². The molecule has 3 aromatic carbocycles. The highest BCUT2D eigenvalue weighted by Gasteiger charge is 2.18. The number of pyridine rings is 4. The molecule has 0 amide bonds. The molecule has 2 N–H and O–H groups in total. The summed E-state index contributed by atoms with van der Waals surface area (Å²) < 4.78 is 0. The number of rotatable bonds is 0. The highest BCUT2D eigenvalue weighted by atomic mass is 14.8. The Labute approximate surface area is 158 Å². The molecule has 0 spiro atoms.